The number of imide groups is 1. The number of amides is 2. The van der Waals surface area contributed by atoms with Gasteiger partial charge in [-0.1, -0.05) is 19.9 Å². The molecule has 2 unspecified atom stereocenters. The number of hydrogen-bond acceptors (Lipinski definition) is 4. The summed E-state index contributed by atoms with van der Waals surface area (Å²) >= 11 is 0. The van der Waals surface area contributed by atoms with Crippen LogP contribution < -0.4 is 0 Å². The Kier molecular flexibility index (Phi) is 6.35. The van der Waals surface area contributed by atoms with Crippen molar-refractivity contribution >= 4 is 24.2 Å². The number of nitrogens with zero attached hydrogens (tertiary/aromatic N) is 2. The SMILES string of the molecule is CCN(CC)C(C)CN1C(=O)CC2(CCCc3ccc(O)cc32)C1=O.Cl. The molecule has 1 aliphatic carbocycles. The van der Waals surface area contributed by atoms with Crippen molar-refractivity contribution in [1.82, 2.24) is 9.80 Å². The van der Waals surface area contributed by atoms with Crippen LogP contribution in [0.25, 0.3) is 0 Å². The van der Waals surface area contributed by atoms with E-state index in [2.05, 4.69) is 25.7 Å². The van der Waals surface area contributed by atoms with E-state index in [9.17, 15) is 14.7 Å². The molecule has 0 radical (unpaired) electrons. The van der Waals surface area contributed by atoms with Gasteiger partial charge >= 0.3 is 0 Å². The van der Waals surface area contributed by atoms with Gasteiger partial charge < -0.3 is 5.11 Å². The number of carbonyl (C=O) groups is 2. The largest absolute Gasteiger partial charge is 0.508 e. The Bertz CT molecular complexity index is 690. The average molecular weight is 381 g/mol. The van der Waals surface area contributed by atoms with Gasteiger partial charge in [-0.15, -0.1) is 12.4 Å². The fourth-order valence-electron chi connectivity index (χ4n) is 4.56. The van der Waals surface area contributed by atoms with Crippen molar-refractivity contribution in [2.45, 2.75) is 57.9 Å². The second kappa shape index (κ2) is 7.97. The minimum Gasteiger partial charge on any atom is -0.508 e. The summed E-state index contributed by atoms with van der Waals surface area (Å²) in [5, 5.41) is 9.92. The number of fused-ring (bicyclic) bond motifs is 2. The predicted octanol–water partition coefficient (Wildman–Crippen LogP) is 2.88. The van der Waals surface area contributed by atoms with Crippen LogP contribution in [-0.2, 0) is 21.4 Å². The summed E-state index contributed by atoms with van der Waals surface area (Å²) in [6.07, 6.45) is 2.71. The fourth-order valence-corrected chi connectivity index (χ4v) is 4.56. The number of likely N-dealkylation sites (N-methyl/N-ethyl adjacent to an activating group) is 1. The third-order valence-corrected chi connectivity index (χ3v) is 5.95. The molecule has 1 spiro atoms. The quantitative estimate of drug-likeness (QED) is 0.798. The molecule has 1 aromatic rings. The highest BCUT2D eigenvalue weighted by atomic mass is 35.5. The van der Waals surface area contributed by atoms with E-state index >= 15 is 0 Å². The summed E-state index contributed by atoms with van der Waals surface area (Å²) in [5.74, 6) is -0.00140. The molecule has 1 fully saturated rings. The molecule has 1 aliphatic heterocycles. The zero-order chi connectivity index (χ0) is 18.2. The van der Waals surface area contributed by atoms with E-state index < -0.39 is 5.41 Å². The molecule has 1 N–H and O–H groups in total. The van der Waals surface area contributed by atoms with Crippen LogP contribution in [0.5, 0.6) is 5.75 Å². The molecule has 3 rings (SSSR count). The molecule has 0 bridgehead atoms. The molecule has 6 heteroatoms. The molecule has 0 saturated carbocycles. The van der Waals surface area contributed by atoms with Crippen molar-refractivity contribution < 1.29 is 14.7 Å². The highest BCUT2D eigenvalue weighted by Gasteiger charge is 2.54. The number of rotatable bonds is 5. The van der Waals surface area contributed by atoms with Crippen LogP contribution in [0.4, 0.5) is 0 Å². The van der Waals surface area contributed by atoms with Crippen molar-refractivity contribution in [2.75, 3.05) is 19.6 Å². The second-order valence-corrected chi connectivity index (χ2v) is 7.33. The predicted molar refractivity (Wildman–Crippen MR) is 104 cm³/mol. The van der Waals surface area contributed by atoms with Crippen molar-refractivity contribution in [3.63, 3.8) is 0 Å². The van der Waals surface area contributed by atoms with Gasteiger partial charge in [0.25, 0.3) is 0 Å². The minimum absolute atomic E-state index is 0. The van der Waals surface area contributed by atoms with Crippen molar-refractivity contribution in [2.24, 2.45) is 0 Å². The number of phenolic OH excluding ortho intramolecular Hbond substituents is 1. The topological polar surface area (TPSA) is 60.9 Å². The Morgan fingerprint density at radius 2 is 1.96 bits per heavy atom. The maximum Gasteiger partial charge on any atom is 0.240 e. The Labute approximate surface area is 161 Å². The van der Waals surface area contributed by atoms with Gasteiger partial charge in [-0.2, -0.15) is 0 Å². The molecule has 2 aliphatic rings. The van der Waals surface area contributed by atoms with E-state index in [0.29, 0.717) is 13.0 Å². The first-order chi connectivity index (χ1) is 11.9. The molecule has 26 heavy (non-hydrogen) atoms. The monoisotopic (exact) mass is 380 g/mol. The van der Waals surface area contributed by atoms with Gasteiger partial charge in [-0.25, -0.2) is 0 Å². The number of aryl methyl sites for hydroxylation is 1. The highest BCUT2D eigenvalue weighted by molar-refractivity contribution is 6.09. The third-order valence-electron chi connectivity index (χ3n) is 5.95. The Morgan fingerprint density at radius 1 is 1.27 bits per heavy atom. The summed E-state index contributed by atoms with van der Waals surface area (Å²) in [4.78, 5) is 29.7. The summed E-state index contributed by atoms with van der Waals surface area (Å²) in [6, 6.07) is 5.39. The van der Waals surface area contributed by atoms with Crippen LogP contribution in [0.15, 0.2) is 18.2 Å². The Balaban J connectivity index is 0.00000243. The lowest BCUT2D eigenvalue weighted by atomic mass is 9.69. The summed E-state index contributed by atoms with van der Waals surface area (Å²) in [5.41, 5.74) is 1.17. The lowest BCUT2D eigenvalue weighted by Crippen LogP contribution is -2.47. The Morgan fingerprint density at radius 3 is 2.62 bits per heavy atom. The average Bonchev–Trinajstić information content (AvgIpc) is 2.82. The lowest BCUT2D eigenvalue weighted by molar-refractivity contribution is -0.141. The van der Waals surface area contributed by atoms with Crippen LogP contribution in [0.3, 0.4) is 0 Å². The molecule has 1 heterocycles. The first-order valence-electron chi connectivity index (χ1n) is 9.34. The van der Waals surface area contributed by atoms with Crippen LogP contribution in [-0.4, -0.2) is 52.4 Å². The summed E-state index contributed by atoms with van der Waals surface area (Å²) in [7, 11) is 0. The molecule has 0 aromatic heterocycles. The second-order valence-electron chi connectivity index (χ2n) is 7.33. The van der Waals surface area contributed by atoms with Gasteiger partial charge in [0, 0.05) is 19.0 Å². The number of phenols is 1. The number of hydrogen-bond donors (Lipinski definition) is 1. The maximum absolute atomic E-state index is 13.3. The van der Waals surface area contributed by atoms with Crippen LogP contribution in [0.1, 0.15) is 51.2 Å². The van der Waals surface area contributed by atoms with E-state index in [0.717, 1.165) is 37.1 Å². The first-order valence-corrected chi connectivity index (χ1v) is 9.34. The summed E-state index contributed by atoms with van der Waals surface area (Å²) in [6.45, 7) is 8.49. The molecule has 1 saturated heterocycles. The Hall–Kier alpha value is -1.59. The zero-order valence-corrected chi connectivity index (χ0v) is 16.6. The lowest BCUT2D eigenvalue weighted by Gasteiger charge is -2.34. The van der Waals surface area contributed by atoms with Crippen molar-refractivity contribution in [1.29, 1.82) is 0 Å². The standard InChI is InChI=1S/C20H28N2O3.ClH/c1-4-21(5-2)14(3)13-22-18(24)12-20(19(22)25)10-6-7-15-8-9-16(23)11-17(15)20;/h8-9,11,14,23H,4-7,10,12-13H2,1-3H3;1H. The zero-order valence-electron chi connectivity index (χ0n) is 15.8. The van der Waals surface area contributed by atoms with Gasteiger partial charge in [0.1, 0.15) is 5.75 Å². The van der Waals surface area contributed by atoms with Gasteiger partial charge in [-0.05, 0) is 62.5 Å². The van der Waals surface area contributed by atoms with Crippen LogP contribution in [0.2, 0.25) is 0 Å². The normalized spacial score (nSPS) is 23.3. The van der Waals surface area contributed by atoms with Crippen LogP contribution in [0, 0.1) is 0 Å². The van der Waals surface area contributed by atoms with Gasteiger partial charge in [0.05, 0.1) is 5.41 Å². The van der Waals surface area contributed by atoms with E-state index in [1.807, 2.05) is 6.07 Å². The molecule has 5 nitrogen and oxygen atoms in total. The van der Waals surface area contributed by atoms with E-state index in [1.165, 1.54) is 4.90 Å². The molecule has 1 aromatic carbocycles. The highest BCUT2D eigenvalue weighted by Crippen LogP contribution is 2.46. The minimum atomic E-state index is -0.771. The molecular weight excluding hydrogens is 352 g/mol. The summed E-state index contributed by atoms with van der Waals surface area (Å²) < 4.78 is 0. The fraction of sp³-hybridized carbons (Fsp3) is 0.600. The smallest absolute Gasteiger partial charge is 0.240 e. The van der Waals surface area contributed by atoms with Crippen LogP contribution >= 0.6 is 12.4 Å². The molecule has 144 valence electrons. The van der Waals surface area contributed by atoms with Gasteiger partial charge in [0.2, 0.25) is 11.8 Å². The number of halogens is 1. The number of carbonyl (C=O) groups excluding carboxylic acids is 2. The van der Waals surface area contributed by atoms with E-state index in [1.54, 1.807) is 12.1 Å². The van der Waals surface area contributed by atoms with E-state index in [4.69, 9.17) is 0 Å². The molecule has 2 atom stereocenters. The number of likely N-dealkylation sites (tertiary alicyclic amines) is 1. The van der Waals surface area contributed by atoms with E-state index in [-0.39, 0.29) is 42.4 Å². The first kappa shape index (κ1) is 20.7. The number of aromatic hydroxyl groups is 1. The third kappa shape index (κ3) is 3.35. The number of benzene rings is 1. The van der Waals surface area contributed by atoms with Crippen molar-refractivity contribution in [3.8, 4) is 5.75 Å². The van der Waals surface area contributed by atoms with Gasteiger partial charge in [-0.3, -0.25) is 19.4 Å². The molecular formula is C20H29ClN2O3. The molecule has 2 amide bonds. The van der Waals surface area contributed by atoms with Gasteiger partial charge in [0.15, 0.2) is 0 Å². The van der Waals surface area contributed by atoms with Crippen molar-refractivity contribution in [3.05, 3.63) is 29.3 Å². The maximum atomic E-state index is 13.3.